The summed E-state index contributed by atoms with van der Waals surface area (Å²) in [6.45, 7) is 8.78. The fourth-order valence-corrected chi connectivity index (χ4v) is 2.54. The molecule has 0 spiro atoms. The Hall–Kier alpha value is -0.120. The number of aliphatic hydroxyl groups is 1. The zero-order valence-corrected chi connectivity index (χ0v) is 11.5. The maximum Gasteiger partial charge on any atom is 0.0900 e. The Morgan fingerprint density at radius 2 is 2.18 bits per heavy atom. The van der Waals surface area contributed by atoms with Crippen LogP contribution < -0.4 is 0 Å². The average molecular weight is 243 g/mol. The molecule has 0 aromatic heterocycles. The Morgan fingerprint density at radius 3 is 2.88 bits per heavy atom. The van der Waals surface area contributed by atoms with Crippen LogP contribution in [-0.4, -0.2) is 49.0 Å². The summed E-state index contributed by atoms with van der Waals surface area (Å²) in [4.78, 5) is 2.38. The maximum atomic E-state index is 9.86. The molecule has 1 heterocycles. The van der Waals surface area contributed by atoms with E-state index in [1.807, 2.05) is 0 Å². The summed E-state index contributed by atoms with van der Waals surface area (Å²) >= 11 is 0. The number of hydrogen-bond acceptors (Lipinski definition) is 3. The number of unbranched alkanes of at least 4 members (excludes halogenated alkanes) is 1. The minimum Gasteiger partial charge on any atom is -0.389 e. The molecule has 0 bridgehead atoms. The first-order chi connectivity index (χ1) is 8.26. The summed E-state index contributed by atoms with van der Waals surface area (Å²) in [6, 6.07) is 0. The van der Waals surface area contributed by atoms with Gasteiger partial charge in [-0.3, -0.25) is 0 Å². The van der Waals surface area contributed by atoms with E-state index in [0.29, 0.717) is 6.61 Å². The van der Waals surface area contributed by atoms with Gasteiger partial charge in [-0.05, 0) is 31.7 Å². The summed E-state index contributed by atoms with van der Waals surface area (Å²) in [5.74, 6) is 0.855. The van der Waals surface area contributed by atoms with E-state index in [2.05, 4.69) is 18.7 Å². The van der Waals surface area contributed by atoms with Crippen molar-refractivity contribution in [2.75, 3.05) is 32.8 Å². The second-order valence-corrected chi connectivity index (χ2v) is 5.29. The molecule has 0 radical (unpaired) electrons. The van der Waals surface area contributed by atoms with Crippen LogP contribution in [-0.2, 0) is 4.74 Å². The van der Waals surface area contributed by atoms with Gasteiger partial charge in [0.2, 0.25) is 0 Å². The van der Waals surface area contributed by atoms with Crippen LogP contribution >= 0.6 is 0 Å². The number of hydrogen-bond donors (Lipinski definition) is 1. The molecule has 2 atom stereocenters. The van der Waals surface area contributed by atoms with Gasteiger partial charge in [0.1, 0.15) is 0 Å². The van der Waals surface area contributed by atoms with Gasteiger partial charge in [0.15, 0.2) is 0 Å². The van der Waals surface area contributed by atoms with Gasteiger partial charge in [-0.2, -0.15) is 0 Å². The Balaban J connectivity index is 2.04. The average Bonchev–Trinajstić information content (AvgIpc) is 2.73. The first kappa shape index (κ1) is 14.9. The van der Waals surface area contributed by atoms with Gasteiger partial charge in [0.05, 0.1) is 12.7 Å². The quantitative estimate of drug-likeness (QED) is 0.631. The lowest BCUT2D eigenvalue weighted by Crippen LogP contribution is -2.33. The van der Waals surface area contributed by atoms with E-state index in [4.69, 9.17) is 4.74 Å². The van der Waals surface area contributed by atoms with Crippen molar-refractivity contribution < 1.29 is 9.84 Å². The molecule has 1 aliphatic heterocycles. The molecule has 0 amide bonds. The number of rotatable bonds is 9. The molecule has 1 rings (SSSR count). The van der Waals surface area contributed by atoms with Crippen molar-refractivity contribution in [2.24, 2.45) is 5.92 Å². The van der Waals surface area contributed by atoms with Crippen LogP contribution in [0.4, 0.5) is 0 Å². The topological polar surface area (TPSA) is 32.7 Å². The Morgan fingerprint density at radius 1 is 1.35 bits per heavy atom. The number of nitrogens with zero attached hydrogens (tertiary/aromatic N) is 1. The molecule has 3 nitrogen and oxygen atoms in total. The van der Waals surface area contributed by atoms with Gasteiger partial charge in [0, 0.05) is 19.7 Å². The summed E-state index contributed by atoms with van der Waals surface area (Å²) in [5, 5.41) is 9.86. The molecule has 1 saturated heterocycles. The van der Waals surface area contributed by atoms with Crippen LogP contribution in [0, 0.1) is 5.92 Å². The van der Waals surface area contributed by atoms with Crippen molar-refractivity contribution in [1.29, 1.82) is 0 Å². The predicted molar refractivity (Wildman–Crippen MR) is 71.2 cm³/mol. The molecule has 2 unspecified atom stereocenters. The molecule has 3 heteroatoms. The van der Waals surface area contributed by atoms with E-state index in [9.17, 15) is 5.11 Å². The first-order valence-corrected chi connectivity index (χ1v) is 7.24. The third kappa shape index (κ3) is 6.39. The van der Waals surface area contributed by atoms with Gasteiger partial charge in [-0.1, -0.05) is 26.7 Å². The Kier molecular flexibility index (Phi) is 7.82. The molecular weight excluding hydrogens is 214 g/mol. The summed E-state index contributed by atoms with van der Waals surface area (Å²) in [7, 11) is 0. The predicted octanol–water partition coefficient (Wildman–Crippen LogP) is 2.29. The van der Waals surface area contributed by atoms with Gasteiger partial charge in [0.25, 0.3) is 0 Å². The van der Waals surface area contributed by atoms with Gasteiger partial charge < -0.3 is 14.7 Å². The lowest BCUT2D eigenvalue weighted by Gasteiger charge is -2.20. The molecule has 0 aromatic rings. The van der Waals surface area contributed by atoms with E-state index in [-0.39, 0.29) is 6.10 Å². The zero-order valence-electron chi connectivity index (χ0n) is 11.5. The minimum absolute atomic E-state index is 0.313. The van der Waals surface area contributed by atoms with E-state index < -0.39 is 0 Å². The molecule has 1 N–H and O–H groups in total. The second-order valence-electron chi connectivity index (χ2n) is 5.29. The Bertz CT molecular complexity index is 187. The van der Waals surface area contributed by atoms with Crippen LogP contribution in [0.5, 0.6) is 0 Å². The van der Waals surface area contributed by atoms with Crippen LogP contribution in [0.1, 0.15) is 46.0 Å². The van der Waals surface area contributed by atoms with Crippen molar-refractivity contribution in [2.45, 2.75) is 52.1 Å². The molecular formula is C14H29NO2. The molecule has 0 aromatic carbocycles. The summed E-state index contributed by atoms with van der Waals surface area (Å²) in [5.41, 5.74) is 0. The normalized spacial score (nSPS) is 23.1. The second kappa shape index (κ2) is 8.90. The van der Waals surface area contributed by atoms with Gasteiger partial charge >= 0.3 is 0 Å². The highest BCUT2D eigenvalue weighted by Crippen LogP contribution is 2.20. The van der Waals surface area contributed by atoms with Crippen molar-refractivity contribution >= 4 is 0 Å². The van der Waals surface area contributed by atoms with Crippen LogP contribution in [0.2, 0.25) is 0 Å². The van der Waals surface area contributed by atoms with Gasteiger partial charge in [-0.15, -0.1) is 0 Å². The summed E-state index contributed by atoms with van der Waals surface area (Å²) in [6.07, 6.45) is 5.85. The lowest BCUT2D eigenvalue weighted by atomic mass is 10.0. The monoisotopic (exact) mass is 243 g/mol. The molecule has 1 fully saturated rings. The van der Waals surface area contributed by atoms with E-state index in [1.165, 1.54) is 25.8 Å². The molecule has 1 aliphatic rings. The smallest absolute Gasteiger partial charge is 0.0900 e. The SMILES string of the molecule is CCCCOCC(O)CN1CCC(CCC)C1. The number of likely N-dealkylation sites (tertiary alicyclic amines) is 1. The Labute approximate surface area is 106 Å². The third-order valence-corrected chi connectivity index (χ3v) is 3.49. The summed E-state index contributed by atoms with van der Waals surface area (Å²) < 4.78 is 5.44. The zero-order chi connectivity index (χ0) is 12.5. The van der Waals surface area contributed by atoms with Crippen molar-refractivity contribution in [3.8, 4) is 0 Å². The highest BCUT2D eigenvalue weighted by molar-refractivity contribution is 4.77. The van der Waals surface area contributed by atoms with Crippen molar-refractivity contribution in [3.63, 3.8) is 0 Å². The highest BCUT2D eigenvalue weighted by atomic mass is 16.5. The lowest BCUT2D eigenvalue weighted by molar-refractivity contribution is 0.0190. The number of β-amino-alcohol motifs (C(OH)–C–C–N with tert-alkyl or cyclic N) is 1. The molecule has 0 saturated carbocycles. The van der Waals surface area contributed by atoms with Crippen LogP contribution in [0.3, 0.4) is 0 Å². The minimum atomic E-state index is -0.313. The molecule has 17 heavy (non-hydrogen) atoms. The standard InChI is InChI=1S/C14H29NO2/c1-3-5-9-17-12-14(16)11-15-8-7-13(10-15)6-4-2/h13-14,16H,3-12H2,1-2H3. The largest absolute Gasteiger partial charge is 0.389 e. The van der Waals surface area contributed by atoms with Gasteiger partial charge in [-0.25, -0.2) is 0 Å². The maximum absolute atomic E-state index is 9.86. The molecule has 102 valence electrons. The molecule has 0 aliphatic carbocycles. The van der Waals surface area contributed by atoms with Crippen LogP contribution in [0.15, 0.2) is 0 Å². The fraction of sp³-hybridized carbons (Fsp3) is 1.00. The first-order valence-electron chi connectivity index (χ1n) is 7.24. The van der Waals surface area contributed by atoms with Crippen molar-refractivity contribution in [1.82, 2.24) is 4.90 Å². The third-order valence-electron chi connectivity index (χ3n) is 3.49. The number of aliphatic hydroxyl groups excluding tert-OH is 1. The van der Waals surface area contributed by atoms with E-state index >= 15 is 0 Å². The van der Waals surface area contributed by atoms with E-state index in [0.717, 1.165) is 38.5 Å². The van der Waals surface area contributed by atoms with E-state index in [1.54, 1.807) is 0 Å². The van der Waals surface area contributed by atoms with Crippen LogP contribution in [0.25, 0.3) is 0 Å². The number of ether oxygens (including phenoxy) is 1. The van der Waals surface area contributed by atoms with Crippen molar-refractivity contribution in [3.05, 3.63) is 0 Å². The fourth-order valence-electron chi connectivity index (χ4n) is 2.54. The highest BCUT2D eigenvalue weighted by Gasteiger charge is 2.23.